The van der Waals surface area contributed by atoms with Crippen LogP contribution in [0.4, 0.5) is 21.9 Å². The third-order valence-corrected chi connectivity index (χ3v) is 15.4. The number of carbonyl (C=O) groups excluding carboxylic acids is 6. The maximum absolute atomic E-state index is 14.1. The Morgan fingerprint density at radius 1 is 0.488 bits per heavy atom. The van der Waals surface area contributed by atoms with E-state index >= 15 is 0 Å². The number of para-hydroxylation sites is 2. The number of carbonyl (C=O) groups is 6. The predicted octanol–water partition coefficient (Wildman–Crippen LogP) is 10.1. The lowest BCUT2D eigenvalue weighted by atomic mass is 9.92. The average molecular weight is 1140 g/mol. The molecule has 84 heavy (non-hydrogen) atoms. The molecule has 7 N–H and O–H groups in total. The van der Waals surface area contributed by atoms with E-state index in [0.717, 1.165) is 110 Å². The van der Waals surface area contributed by atoms with Gasteiger partial charge in [-0.3, -0.25) is 29.1 Å². The summed E-state index contributed by atoms with van der Waals surface area (Å²) in [6.45, 7) is 0.787. The number of esters is 1. The number of alkyl carbamates (subject to hydrolysis) is 1. The molecule has 2 atom stereocenters. The van der Waals surface area contributed by atoms with Gasteiger partial charge < -0.3 is 46.7 Å². The minimum absolute atomic E-state index is 0.0245. The van der Waals surface area contributed by atoms with Crippen molar-refractivity contribution in [3.8, 4) is 0 Å². The highest BCUT2D eigenvalue weighted by atomic mass is 16.5. The normalized spacial score (nSPS) is 13.3. The number of benzene rings is 5. The summed E-state index contributed by atoms with van der Waals surface area (Å²) in [4.78, 5) is 90.8. The van der Waals surface area contributed by atoms with Crippen LogP contribution in [0.1, 0.15) is 116 Å². The third-order valence-electron chi connectivity index (χ3n) is 15.4. The van der Waals surface area contributed by atoms with Gasteiger partial charge in [0.25, 0.3) is 0 Å². The number of aromatic nitrogens is 2. The third kappa shape index (κ3) is 17.3. The number of hydrogen-bond acceptors (Lipinski definition) is 12. The molecule has 2 aromatic heterocycles. The second-order valence-electron chi connectivity index (χ2n) is 21.7. The summed E-state index contributed by atoms with van der Waals surface area (Å²) in [7, 11) is 0. The maximum atomic E-state index is 14.1. The molecule has 17 heteroatoms. The van der Waals surface area contributed by atoms with Gasteiger partial charge in [0.15, 0.2) is 0 Å². The van der Waals surface area contributed by atoms with E-state index in [9.17, 15) is 28.8 Å². The van der Waals surface area contributed by atoms with Crippen molar-refractivity contribution >= 4 is 74.6 Å². The molecule has 0 radical (unpaired) electrons. The van der Waals surface area contributed by atoms with Gasteiger partial charge in [-0.25, -0.2) is 9.59 Å². The fourth-order valence-electron chi connectivity index (χ4n) is 11.0. The molecule has 438 valence electrons. The van der Waals surface area contributed by atoms with Crippen molar-refractivity contribution in [1.82, 2.24) is 31.2 Å². The quantitative estimate of drug-likeness (QED) is 0.0172. The van der Waals surface area contributed by atoms with Gasteiger partial charge >= 0.3 is 12.1 Å². The Kier molecular flexibility index (Phi) is 22.0. The number of rotatable bonds is 29. The molecule has 0 unspecified atom stereocenters. The molecule has 2 aliphatic rings. The molecule has 5 aromatic carbocycles. The summed E-state index contributed by atoms with van der Waals surface area (Å²) in [5.74, 6) is -3.26. The van der Waals surface area contributed by atoms with Gasteiger partial charge in [-0.1, -0.05) is 147 Å². The molecule has 0 bridgehead atoms. The fourth-order valence-corrected chi connectivity index (χ4v) is 11.0. The zero-order chi connectivity index (χ0) is 58.3. The number of fused-ring (bicyclic) bond motifs is 4. The minimum atomic E-state index is -1.35. The van der Waals surface area contributed by atoms with Crippen LogP contribution in [0.5, 0.6) is 0 Å². The highest BCUT2D eigenvalue weighted by Crippen LogP contribution is 2.37. The van der Waals surface area contributed by atoms with Gasteiger partial charge in [0.1, 0.15) is 31.8 Å². The number of nitrogens with one attached hydrogen (secondary N) is 7. The van der Waals surface area contributed by atoms with E-state index in [0.29, 0.717) is 11.2 Å². The molecule has 17 nitrogen and oxygen atoms in total. The number of aryl methyl sites for hydroxylation is 2. The van der Waals surface area contributed by atoms with E-state index in [1.807, 2.05) is 84.9 Å². The Hall–Kier alpha value is -8.86. The molecule has 0 spiro atoms. The van der Waals surface area contributed by atoms with Crippen LogP contribution < -0.4 is 37.2 Å². The Morgan fingerprint density at radius 3 is 1.70 bits per heavy atom. The van der Waals surface area contributed by atoms with E-state index in [2.05, 4.69) is 61.5 Å². The van der Waals surface area contributed by atoms with Crippen LogP contribution in [0, 0.1) is 0 Å². The summed E-state index contributed by atoms with van der Waals surface area (Å²) in [5, 5.41) is 23.1. The first-order valence-corrected chi connectivity index (χ1v) is 29.8. The average Bonchev–Trinajstić information content (AvgIpc) is 1.53. The molecule has 2 aliphatic carbocycles. The van der Waals surface area contributed by atoms with Gasteiger partial charge in [0.05, 0.1) is 23.3 Å². The summed E-state index contributed by atoms with van der Waals surface area (Å²) >= 11 is 0. The van der Waals surface area contributed by atoms with E-state index in [-0.39, 0.29) is 39.0 Å². The van der Waals surface area contributed by atoms with Gasteiger partial charge in [0.2, 0.25) is 23.6 Å². The minimum Gasteiger partial charge on any atom is -0.459 e. The lowest BCUT2D eigenvalue weighted by Crippen LogP contribution is -2.54. The van der Waals surface area contributed by atoms with Crippen molar-refractivity contribution in [3.05, 3.63) is 173 Å². The summed E-state index contributed by atoms with van der Waals surface area (Å²) in [6.07, 6.45) is 14.0. The van der Waals surface area contributed by atoms with Gasteiger partial charge in [-0.05, 0) is 111 Å². The zero-order valence-corrected chi connectivity index (χ0v) is 47.8. The van der Waals surface area contributed by atoms with Crippen molar-refractivity contribution in [2.45, 2.75) is 134 Å². The first-order valence-electron chi connectivity index (χ1n) is 29.8. The molecule has 2 heterocycles. The van der Waals surface area contributed by atoms with Crippen LogP contribution in [0.3, 0.4) is 0 Å². The molecular weight excluding hydrogens is 1060 g/mol. The highest BCUT2D eigenvalue weighted by molar-refractivity contribution is 6.06. The molecule has 0 saturated heterocycles. The summed E-state index contributed by atoms with van der Waals surface area (Å²) in [5.41, 5.74) is 11.8. The Morgan fingerprint density at radius 2 is 1.04 bits per heavy atom. The number of unbranched alkanes of at least 4 members (excludes halogenated alkanes) is 5. The van der Waals surface area contributed by atoms with Gasteiger partial charge in [-0.15, -0.1) is 0 Å². The van der Waals surface area contributed by atoms with Crippen molar-refractivity contribution in [1.29, 1.82) is 0 Å². The summed E-state index contributed by atoms with van der Waals surface area (Å²) in [6, 6.07) is 38.9. The van der Waals surface area contributed by atoms with E-state index < -0.39 is 54.3 Å². The van der Waals surface area contributed by atoms with Crippen molar-refractivity contribution in [2.24, 2.45) is 0 Å². The van der Waals surface area contributed by atoms with Crippen LogP contribution in [0.15, 0.2) is 133 Å². The maximum Gasteiger partial charge on any atom is 0.407 e. The van der Waals surface area contributed by atoms with E-state index in [4.69, 9.17) is 19.4 Å². The Balaban J connectivity index is 0.767. The van der Waals surface area contributed by atoms with Gasteiger partial charge in [-0.2, -0.15) is 0 Å². The van der Waals surface area contributed by atoms with Crippen molar-refractivity contribution < 1.29 is 38.2 Å². The Bertz CT molecular complexity index is 3360. The fraction of sp³-hybridized carbons (Fsp3) is 0.373. The highest BCUT2D eigenvalue weighted by Gasteiger charge is 2.29. The largest absolute Gasteiger partial charge is 0.459 e. The van der Waals surface area contributed by atoms with Gasteiger partial charge in [0, 0.05) is 59.5 Å². The number of nitrogens with zero attached hydrogens (tertiary/aromatic N) is 2. The van der Waals surface area contributed by atoms with Crippen LogP contribution >= 0.6 is 0 Å². The first-order chi connectivity index (χ1) is 41.1. The van der Waals surface area contributed by atoms with E-state index in [1.165, 1.54) is 60.0 Å². The van der Waals surface area contributed by atoms with Crippen LogP contribution in [0.2, 0.25) is 0 Å². The number of anilines is 3. The molecule has 9 rings (SSSR count). The summed E-state index contributed by atoms with van der Waals surface area (Å²) < 4.78 is 10.9. The molecular formula is C67H77N9O8. The first kappa shape index (κ1) is 59.8. The topological polar surface area (TPSA) is 231 Å². The number of amides is 5. The number of pyridine rings is 2. The Labute approximate surface area is 491 Å². The SMILES string of the molecule is O=C(CC[C@H](NC(=O)CNC(=O)OCc1ccccc1)C(=O)N[C@@H](Cc1ccccc1)C(=O)OCc1ccccc1)NCC(=O)Nc1cccc2c(NCCCCCCCCNc3c4c(nc5ccccc35)CCCC4)c3c(nc12)CCCC3. The predicted molar refractivity (Wildman–Crippen MR) is 327 cm³/mol. The van der Waals surface area contributed by atoms with Crippen molar-refractivity contribution in [2.75, 3.05) is 42.1 Å². The standard InChI is InChI=1S/C67H77N9O8/c77-59(38-37-57(74-61(79)43-71-67(82)84-45-48-27-12-7-13-28-48)65(80)76-58(41-46-23-8-5-9-24-46)66(81)83-44-47-25-10-6-11-26-47)70-42-60(78)73-56-36-22-32-52-63(51-31-16-19-35-55(51)75-64(52)56)69-40-21-4-2-1-3-20-39-68-62-49-29-14-17-33-53(49)72-54-34-18-15-30-50(54)62/h5-14,17,22-29,32-33,36,57-58H,1-4,15-16,18-21,30-31,34-35,37-45H2,(H,68,72)(H,69,75)(H,70,77)(H,71,82)(H,73,78)(H,74,79)(H,76,80)/t57-,58-/m0/s1. The molecule has 0 saturated carbocycles. The van der Waals surface area contributed by atoms with Crippen molar-refractivity contribution in [3.63, 3.8) is 0 Å². The lowest BCUT2D eigenvalue weighted by Gasteiger charge is -2.23. The van der Waals surface area contributed by atoms with Crippen LogP contribution in [-0.4, -0.2) is 83.9 Å². The van der Waals surface area contributed by atoms with E-state index in [1.54, 1.807) is 24.3 Å². The second kappa shape index (κ2) is 31.0. The molecule has 0 fully saturated rings. The van der Waals surface area contributed by atoms with Crippen LogP contribution in [0.25, 0.3) is 21.8 Å². The smallest absolute Gasteiger partial charge is 0.407 e. The number of hydrogen-bond donors (Lipinski definition) is 7. The molecule has 0 aliphatic heterocycles. The molecule has 5 amide bonds. The second-order valence-corrected chi connectivity index (χ2v) is 21.7. The number of ether oxygens (including phenoxy) is 2. The van der Waals surface area contributed by atoms with Crippen LogP contribution in [-0.2, 0) is 78.8 Å². The lowest BCUT2D eigenvalue weighted by molar-refractivity contribution is -0.149. The monoisotopic (exact) mass is 1140 g/mol. The molecule has 7 aromatic rings. The zero-order valence-electron chi connectivity index (χ0n) is 47.8.